The van der Waals surface area contributed by atoms with Crippen molar-refractivity contribution in [1.82, 2.24) is 10.6 Å². The van der Waals surface area contributed by atoms with Gasteiger partial charge in [-0.1, -0.05) is 82.6 Å². The lowest BCUT2D eigenvalue weighted by Crippen LogP contribution is -2.54. The van der Waals surface area contributed by atoms with E-state index >= 15 is 0 Å². The Kier molecular flexibility index (Phi) is 8.54. The largest absolute Gasteiger partial charge is 0.481 e. The molecule has 4 atom stereocenters. The van der Waals surface area contributed by atoms with Gasteiger partial charge in [0.25, 0.3) is 0 Å². The van der Waals surface area contributed by atoms with Gasteiger partial charge < -0.3 is 20.5 Å². The summed E-state index contributed by atoms with van der Waals surface area (Å²) in [5.74, 6) is -2.49. The van der Waals surface area contributed by atoms with Gasteiger partial charge in [0.05, 0.1) is 5.92 Å². The molecule has 2 aromatic rings. The number of nitrogens with one attached hydrogen (secondary N) is 2. The molecule has 7 heteroatoms. The summed E-state index contributed by atoms with van der Waals surface area (Å²) in [6.45, 7) is 9.25. The van der Waals surface area contributed by atoms with E-state index in [2.05, 4.69) is 22.8 Å². The quantitative estimate of drug-likeness (QED) is 0.453. The molecule has 0 heterocycles. The Bertz CT molecular complexity index is 1020. The number of carbonyl (C=O) groups is 3. The summed E-state index contributed by atoms with van der Waals surface area (Å²) < 4.78 is 5.62. The van der Waals surface area contributed by atoms with E-state index in [1.165, 1.54) is 0 Å². The fourth-order valence-electron chi connectivity index (χ4n) is 4.95. The number of benzene rings is 2. The van der Waals surface area contributed by atoms with Crippen LogP contribution < -0.4 is 10.6 Å². The van der Waals surface area contributed by atoms with Crippen LogP contribution in [0.25, 0.3) is 11.1 Å². The molecule has 188 valence electrons. The second kappa shape index (κ2) is 11.4. The van der Waals surface area contributed by atoms with Crippen LogP contribution in [-0.2, 0) is 14.3 Å². The van der Waals surface area contributed by atoms with E-state index in [-0.39, 0.29) is 24.4 Å². The van der Waals surface area contributed by atoms with Crippen molar-refractivity contribution in [2.45, 2.75) is 59.0 Å². The molecule has 0 bridgehead atoms. The molecule has 1 aliphatic rings. The highest BCUT2D eigenvalue weighted by molar-refractivity contribution is 5.87. The van der Waals surface area contributed by atoms with Crippen LogP contribution >= 0.6 is 0 Å². The van der Waals surface area contributed by atoms with E-state index in [4.69, 9.17) is 4.74 Å². The van der Waals surface area contributed by atoms with Crippen molar-refractivity contribution in [1.29, 1.82) is 0 Å². The number of fused-ring (bicyclic) bond motifs is 3. The molecule has 35 heavy (non-hydrogen) atoms. The van der Waals surface area contributed by atoms with E-state index < -0.39 is 36.0 Å². The van der Waals surface area contributed by atoms with Gasteiger partial charge in [0.2, 0.25) is 5.91 Å². The average molecular weight is 481 g/mol. The minimum Gasteiger partial charge on any atom is -0.481 e. The molecule has 0 radical (unpaired) electrons. The first-order valence-electron chi connectivity index (χ1n) is 12.3. The van der Waals surface area contributed by atoms with E-state index in [1.54, 1.807) is 6.92 Å². The SMILES string of the molecule is CC[C@H](C)[C@H](NC(=O)OCC1c2ccccc2-c2ccccc21)C(=O)NC(C)C(C(=O)O)C(C)C. The summed E-state index contributed by atoms with van der Waals surface area (Å²) in [7, 11) is 0. The smallest absolute Gasteiger partial charge is 0.407 e. The average Bonchev–Trinajstić information content (AvgIpc) is 3.13. The van der Waals surface area contributed by atoms with Crippen molar-refractivity contribution in [3.05, 3.63) is 59.7 Å². The first kappa shape index (κ1) is 26.3. The van der Waals surface area contributed by atoms with Gasteiger partial charge in [-0.2, -0.15) is 0 Å². The standard InChI is InChI=1S/C28H36N2O5/c1-6-17(4)25(26(31)29-18(5)24(16(2)3)27(32)33)30-28(34)35-15-23-21-13-9-7-11-19(21)20-12-8-10-14-22(20)23/h7-14,16-18,23-25H,6,15H2,1-5H3,(H,29,31)(H,30,34)(H,32,33)/t17-,18?,24?,25-/m0/s1. The zero-order chi connectivity index (χ0) is 25.7. The molecular formula is C28H36N2O5. The highest BCUT2D eigenvalue weighted by Gasteiger charge is 2.34. The van der Waals surface area contributed by atoms with Crippen molar-refractivity contribution in [2.75, 3.05) is 6.61 Å². The van der Waals surface area contributed by atoms with Crippen molar-refractivity contribution in [3.8, 4) is 11.1 Å². The molecule has 3 N–H and O–H groups in total. The molecule has 0 saturated heterocycles. The van der Waals surface area contributed by atoms with Crippen LogP contribution in [0.4, 0.5) is 4.79 Å². The predicted molar refractivity (Wildman–Crippen MR) is 135 cm³/mol. The summed E-state index contributed by atoms with van der Waals surface area (Å²) in [5.41, 5.74) is 4.50. The predicted octanol–water partition coefficient (Wildman–Crippen LogP) is 4.80. The Morgan fingerprint density at radius 3 is 1.94 bits per heavy atom. The minimum absolute atomic E-state index is 0.0774. The molecule has 0 fully saturated rings. The van der Waals surface area contributed by atoms with Gasteiger partial charge in [-0.15, -0.1) is 0 Å². The van der Waals surface area contributed by atoms with Crippen molar-refractivity contribution < 1.29 is 24.2 Å². The zero-order valence-electron chi connectivity index (χ0n) is 21.1. The molecular weight excluding hydrogens is 444 g/mol. The molecule has 0 aliphatic heterocycles. The van der Waals surface area contributed by atoms with E-state index in [0.717, 1.165) is 22.3 Å². The molecule has 3 rings (SSSR count). The number of hydrogen-bond acceptors (Lipinski definition) is 4. The third kappa shape index (κ3) is 5.84. The number of rotatable bonds is 10. The van der Waals surface area contributed by atoms with Crippen LogP contribution in [0.2, 0.25) is 0 Å². The second-order valence-electron chi connectivity index (χ2n) is 9.74. The molecule has 0 saturated carbocycles. The molecule has 0 spiro atoms. The van der Waals surface area contributed by atoms with E-state index in [9.17, 15) is 19.5 Å². The van der Waals surface area contributed by atoms with E-state index in [1.807, 2.05) is 64.1 Å². The van der Waals surface area contributed by atoms with Gasteiger partial charge in [-0.05, 0) is 41.0 Å². The van der Waals surface area contributed by atoms with Crippen molar-refractivity contribution >= 4 is 18.0 Å². The Morgan fingerprint density at radius 1 is 0.914 bits per heavy atom. The summed E-state index contributed by atoms with van der Waals surface area (Å²) >= 11 is 0. The zero-order valence-corrected chi connectivity index (χ0v) is 21.1. The number of carboxylic acids is 1. The van der Waals surface area contributed by atoms with Crippen molar-refractivity contribution in [2.24, 2.45) is 17.8 Å². The highest BCUT2D eigenvalue weighted by Crippen LogP contribution is 2.44. The second-order valence-corrected chi connectivity index (χ2v) is 9.74. The summed E-state index contributed by atoms with van der Waals surface area (Å²) in [6, 6.07) is 14.8. The van der Waals surface area contributed by atoms with Crippen molar-refractivity contribution in [3.63, 3.8) is 0 Å². The number of alkyl carbamates (subject to hydrolysis) is 1. The molecule has 7 nitrogen and oxygen atoms in total. The van der Waals surface area contributed by atoms with Crippen LogP contribution in [0.3, 0.4) is 0 Å². The maximum absolute atomic E-state index is 13.1. The first-order chi connectivity index (χ1) is 16.6. The maximum atomic E-state index is 13.1. The maximum Gasteiger partial charge on any atom is 0.407 e. The summed E-state index contributed by atoms with van der Waals surface area (Å²) in [5, 5.41) is 15.1. The number of carbonyl (C=O) groups excluding carboxylic acids is 2. The number of carboxylic acid groups (broad SMARTS) is 1. The lowest BCUT2D eigenvalue weighted by Gasteiger charge is -2.29. The lowest BCUT2D eigenvalue weighted by atomic mass is 9.89. The van der Waals surface area contributed by atoms with Crippen LogP contribution in [0, 0.1) is 17.8 Å². The third-order valence-electron chi connectivity index (χ3n) is 7.02. The molecule has 2 unspecified atom stereocenters. The third-order valence-corrected chi connectivity index (χ3v) is 7.02. The Morgan fingerprint density at radius 2 is 1.46 bits per heavy atom. The van der Waals surface area contributed by atoms with Gasteiger partial charge in [-0.3, -0.25) is 9.59 Å². The minimum atomic E-state index is -0.961. The fraction of sp³-hybridized carbons (Fsp3) is 0.464. The van der Waals surface area contributed by atoms with Gasteiger partial charge in [0, 0.05) is 12.0 Å². The first-order valence-corrected chi connectivity index (χ1v) is 12.3. The molecule has 2 amide bonds. The number of aliphatic carboxylic acids is 1. The Labute approximate surface area is 207 Å². The number of ether oxygens (including phenoxy) is 1. The molecule has 1 aliphatic carbocycles. The molecule has 0 aromatic heterocycles. The normalized spacial score (nSPS) is 15.9. The highest BCUT2D eigenvalue weighted by atomic mass is 16.5. The number of hydrogen-bond donors (Lipinski definition) is 3. The Hall–Kier alpha value is -3.35. The van der Waals surface area contributed by atoms with E-state index in [0.29, 0.717) is 6.42 Å². The van der Waals surface area contributed by atoms with Crippen LogP contribution in [0.15, 0.2) is 48.5 Å². The van der Waals surface area contributed by atoms with Gasteiger partial charge in [0.15, 0.2) is 0 Å². The van der Waals surface area contributed by atoms with Crippen LogP contribution in [0.1, 0.15) is 58.1 Å². The van der Waals surface area contributed by atoms with Gasteiger partial charge in [0.1, 0.15) is 12.6 Å². The fourth-order valence-corrected chi connectivity index (χ4v) is 4.95. The molecule has 2 aromatic carbocycles. The lowest BCUT2D eigenvalue weighted by molar-refractivity contribution is -0.144. The monoisotopic (exact) mass is 480 g/mol. The van der Waals surface area contributed by atoms with Gasteiger partial charge in [-0.25, -0.2) is 4.79 Å². The summed E-state index contributed by atoms with van der Waals surface area (Å²) in [4.78, 5) is 37.5. The summed E-state index contributed by atoms with van der Waals surface area (Å²) in [6.07, 6.45) is -0.0125. The van der Waals surface area contributed by atoms with Crippen LogP contribution in [0.5, 0.6) is 0 Å². The topological polar surface area (TPSA) is 105 Å². The number of amides is 2. The van der Waals surface area contributed by atoms with Crippen LogP contribution in [-0.4, -0.2) is 41.8 Å². The van der Waals surface area contributed by atoms with Gasteiger partial charge >= 0.3 is 12.1 Å². The Balaban J connectivity index is 1.67.